The van der Waals surface area contributed by atoms with Gasteiger partial charge in [0.15, 0.2) is 0 Å². The monoisotopic (exact) mass is 351 g/mol. The van der Waals surface area contributed by atoms with Crippen molar-refractivity contribution in [3.63, 3.8) is 0 Å². The first-order valence-electron chi connectivity index (χ1n) is 9.25. The highest BCUT2D eigenvalue weighted by molar-refractivity contribution is 5.68. The molecule has 0 N–H and O–H groups in total. The minimum Gasteiger partial charge on any atom is -0.473 e. The summed E-state index contributed by atoms with van der Waals surface area (Å²) in [4.78, 5) is 18.0. The van der Waals surface area contributed by atoms with Crippen LogP contribution in [0.2, 0.25) is 0 Å². The number of nitrogens with zero attached hydrogens (tertiary/aromatic N) is 5. The van der Waals surface area contributed by atoms with E-state index in [4.69, 9.17) is 9.47 Å². The second kappa shape index (κ2) is 4.92. The molecule has 3 aliphatic heterocycles. The topological polar surface area (TPSA) is 63.6 Å². The smallest absolute Gasteiger partial charge is 0.221 e. The van der Waals surface area contributed by atoms with E-state index in [0.717, 1.165) is 48.9 Å². The number of rotatable bonds is 3. The molecule has 26 heavy (non-hydrogen) atoms. The quantitative estimate of drug-likeness (QED) is 0.831. The molecule has 1 aliphatic carbocycles. The van der Waals surface area contributed by atoms with E-state index in [0.29, 0.717) is 17.7 Å². The summed E-state index contributed by atoms with van der Waals surface area (Å²) in [6, 6.07) is 4.08. The molecule has 4 unspecified atom stereocenters. The van der Waals surface area contributed by atoms with Crippen LogP contribution < -0.4 is 9.64 Å². The fourth-order valence-electron chi connectivity index (χ4n) is 5.23. The van der Waals surface area contributed by atoms with Crippen LogP contribution in [0.5, 0.6) is 5.88 Å². The summed E-state index contributed by atoms with van der Waals surface area (Å²) in [5, 5.41) is 0. The number of hydrogen-bond donors (Lipinski definition) is 0. The molecule has 0 aromatic carbocycles. The van der Waals surface area contributed by atoms with E-state index in [1.165, 1.54) is 0 Å². The minimum absolute atomic E-state index is 0.0337. The van der Waals surface area contributed by atoms with Crippen LogP contribution in [0.4, 0.5) is 11.5 Å². The molecule has 7 heteroatoms. The molecular formula is C19H21N5O2. The van der Waals surface area contributed by atoms with Gasteiger partial charge in [-0.2, -0.15) is 0 Å². The summed E-state index contributed by atoms with van der Waals surface area (Å²) in [6.07, 6.45) is 4.61. The van der Waals surface area contributed by atoms with Crippen molar-refractivity contribution < 1.29 is 9.47 Å². The van der Waals surface area contributed by atoms with E-state index in [1.54, 1.807) is 6.33 Å². The fourth-order valence-corrected chi connectivity index (χ4v) is 5.23. The SMILES string of the molecule is Cc1c(OC2C3COC34C2CN4C)ncnc1N1CCc2ncccc21. The van der Waals surface area contributed by atoms with Crippen molar-refractivity contribution in [2.45, 2.75) is 25.2 Å². The maximum absolute atomic E-state index is 6.38. The first-order valence-corrected chi connectivity index (χ1v) is 9.25. The first kappa shape index (κ1) is 14.9. The van der Waals surface area contributed by atoms with Gasteiger partial charge in [0.2, 0.25) is 5.88 Å². The van der Waals surface area contributed by atoms with E-state index in [2.05, 4.69) is 44.8 Å². The van der Waals surface area contributed by atoms with Crippen LogP contribution in [-0.2, 0) is 11.2 Å². The number of ether oxygens (including phenoxy) is 2. The van der Waals surface area contributed by atoms with Crippen LogP contribution in [0.3, 0.4) is 0 Å². The molecule has 134 valence electrons. The van der Waals surface area contributed by atoms with Crippen molar-refractivity contribution in [2.24, 2.45) is 11.8 Å². The van der Waals surface area contributed by atoms with Crippen molar-refractivity contribution in [3.8, 4) is 5.88 Å². The molecule has 1 saturated carbocycles. The zero-order valence-electron chi connectivity index (χ0n) is 14.9. The molecule has 2 aromatic rings. The van der Waals surface area contributed by atoms with Crippen molar-refractivity contribution in [1.82, 2.24) is 19.9 Å². The molecule has 6 rings (SSSR count). The number of fused-ring (bicyclic) bond motifs is 1. The molecule has 1 spiro atoms. The predicted octanol–water partition coefficient (Wildman–Crippen LogP) is 1.54. The van der Waals surface area contributed by atoms with Gasteiger partial charge in [0.1, 0.15) is 24.0 Å². The van der Waals surface area contributed by atoms with Crippen molar-refractivity contribution in [3.05, 3.63) is 35.9 Å². The lowest BCUT2D eigenvalue weighted by molar-refractivity contribution is -0.450. The first-order chi connectivity index (χ1) is 12.7. The normalized spacial score (nSPS) is 34.1. The Morgan fingerprint density at radius 3 is 2.96 bits per heavy atom. The maximum Gasteiger partial charge on any atom is 0.221 e. The summed E-state index contributed by atoms with van der Waals surface area (Å²) in [6.45, 7) is 4.76. The van der Waals surface area contributed by atoms with Crippen molar-refractivity contribution >= 4 is 11.5 Å². The second-order valence-corrected chi connectivity index (χ2v) is 7.74. The molecule has 4 aliphatic rings. The predicted molar refractivity (Wildman–Crippen MR) is 94.4 cm³/mol. The third-order valence-electron chi connectivity index (χ3n) is 6.66. The Balaban J connectivity index is 1.29. The van der Waals surface area contributed by atoms with Gasteiger partial charge in [0.05, 0.1) is 35.4 Å². The Bertz CT molecular complexity index is 897. The Labute approximate surface area is 152 Å². The Hall–Kier alpha value is -2.25. The highest BCUT2D eigenvalue weighted by Crippen LogP contribution is 2.63. The maximum atomic E-state index is 6.38. The average Bonchev–Trinajstić information content (AvgIpc) is 3.03. The second-order valence-electron chi connectivity index (χ2n) is 7.74. The van der Waals surface area contributed by atoms with Crippen LogP contribution in [0, 0.1) is 18.8 Å². The minimum atomic E-state index is -0.0337. The average molecular weight is 351 g/mol. The molecule has 0 radical (unpaired) electrons. The van der Waals surface area contributed by atoms with Gasteiger partial charge in [-0.1, -0.05) is 0 Å². The van der Waals surface area contributed by atoms with Crippen LogP contribution in [0.15, 0.2) is 24.7 Å². The molecule has 2 saturated heterocycles. The molecular weight excluding hydrogens is 330 g/mol. The van der Waals surface area contributed by atoms with Gasteiger partial charge >= 0.3 is 0 Å². The summed E-state index contributed by atoms with van der Waals surface area (Å²) in [7, 11) is 2.13. The van der Waals surface area contributed by atoms with Gasteiger partial charge in [-0.15, -0.1) is 0 Å². The van der Waals surface area contributed by atoms with Gasteiger partial charge in [0.25, 0.3) is 0 Å². The third kappa shape index (κ3) is 1.63. The van der Waals surface area contributed by atoms with E-state index in [1.807, 2.05) is 12.3 Å². The number of anilines is 2. The lowest BCUT2D eigenvalue weighted by atomic mass is 9.54. The van der Waals surface area contributed by atoms with Crippen LogP contribution in [0.25, 0.3) is 0 Å². The molecule has 3 fully saturated rings. The van der Waals surface area contributed by atoms with E-state index in [9.17, 15) is 0 Å². The highest BCUT2D eigenvalue weighted by atomic mass is 16.6. The molecule has 0 amide bonds. The van der Waals surface area contributed by atoms with Crippen molar-refractivity contribution in [1.29, 1.82) is 0 Å². The summed E-state index contributed by atoms with van der Waals surface area (Å²) in [5.41, 5.74) is 3.22. The van der Waals surface area contributed by atoms with Crippen LogP contribution in [-0.4, -0.2) is 58.4 Å². The van der Waals surface area contributed by atoms with Crippen LogP contribution >= 0.6 is 0 Å². The lowest BCUT2D eigenvalue weighted by Crippen LogP contribution is -2.90. The number of likely N-dealkylation sites (tertiary alicyclic amines) is 1. The summed E-state index contributed by atoms with van der Waals surface area (Å²) >= 11 is 0. The van der Waals surface area contributed by atoms with Gasteiger partial charge in [-0.05, 0) is 26.1 Å². The lowest BCUT2D eigenvalue weighted by Gasteiger charge is -2.76. The van der Waals surface area contributed by atoms with Gasteiger partial charge in [-0.25, -0.2) is 9.97 Å². The largest absolute Gasteiger partial charge is 0.473 e. The highest BCUT2D eigenvalue weighted by Gasteiger charge is 2.78. The summed E-state index contributed by atoms with van der Waals surface area (Å²) < 4.78 is 12.2. The zero-order chi connectivity index (χ0) is 17.5. The Morgan fingerprint density at radius 1 is 1.27 bits per heavy atom. The number of aromatic nitrogens is 3. The molecule has 7 nitrogen and oxygen atoms in total. The van der Waals surface area contributed by atoms with E-state index >= 15 is 0 Å². The standard InChI is InChI=1S/C19H21N5O2/c1-11-17(24-7-5-14-15(24)4-3-6-20-14)21-10-22-18(11)26-16-12-8-23(2)19(12)13(16)9-25-19/h3-4,6,10,12-13,16H,5,7-9H2,1-2H3. The molecule has 5 heterocycles. The van der Waals surface area contributed by atoms with Gasteiger partial charge < -0.3 is 14.4 Å². The molecule has 2 aromatic heterocycles. The molecule has 4 atom stereocenters. The third-order valence-corrected chi connectivity index (χ3v) is 6.66. The summed E-state index contributed by atoms with van der Waals surface area (Å²) in [5.74, 6) is 2.54. The van der Waals surface area contributed by atoms with Gasteiger partial charge in [-0.3, -0.25) is 9.88 Å². The van der Waals surface area contributed by atoms with E-state index < -0.39 is 0 Å². The number of hydrogen-bond acceptors (Lipinski definition) is 7. The Kier molecular flexibility index (Phi) is 2.82. The van der Waals surface area contributed by atoms with Crippen molar-refractivity contribution in [2.75, 3.05) is 31.6 Å². The van der Waals surface area contributed by atoms with E-state index in [-0.39, 0.29) is 11.8 Å². The fraction of sp³-hybridized carbons (Fsp3) is 0.526. The molecule has 0 bridgehead atoms. The Morgan fingerprint density at radius 2 is 2.19 bits per heavy atom. The van der Waals surface area contributed by atoms with Gasteiger partial charge in [0, 0.05) is 25.7 Å². The zero-order valence-corrected chi connectivity index (χ0v) is 14.9. The number of pyridine rings is 1. The van der Waals surface area contributed by atoms with Crippen LogP contribution in [0.1, 0.15) is 11.3 Å². The number of piperidine rings is 1.